The summed E-state index contributed by atoms with van der Waals surface area (Å²) >= 11 is 6.03. The third-order valence-corrected chi connectivity index (χ3v) is 2.55. The molecule has 2 N–H and O–H groups in total. The predicted octanol–water partition coefficient (Wildman–Crippen LogP) is 1.81. The van der Waals surface area contributed by atoms with E-state index in [1.807, 2.05) is 24.3 Å². The zero-order valence-corrected chi connectivity index (χ0v) is 9.44. The molecule has 0 atom stereocenters. The van der Waals surface area contributed by atoms with Crippen LogP contribution in [0.15, 0.2) is 28.8 Å². The lowest BCUT2D eigenvalue weighted by Crippen LogP contribution is -2.04. The first-order chi connectivity index (χ1) is 7.79. The van der Waals surface area contributed by atoms with Crippen molar-refractivity contribution in [3.8, 4) is 0 Å². The predicted molar refractivity (Wildman–Crippen MR) is 61.3 cm³/mol. The fraction of sp³-hybridized carbons (Fsp3) is 0.273. The number of hydrogen-bond acceptors (Lipinski definition) is 4. The average molecular weight is 238 g/mol. The fourth-order valence-electron chi connectivity index (χ4n) is 1.40. The molecule has 0 saturated carbocycles. The van der Waals surface area contributed by atoms with Gasteiger partial charge in [-0.3, -0.25) is 0 Å². The first-order valence-corrected chi connectivity index (χ1v) is 5.42. The van der Waals surface area contributed by atoms with Crippen molar-refractivity contribution in [2.75, 3.05) is 6.54 Å². The van der Waals surface area contributed by atoms with Gasteiger partial charge < -0.3 is 10.3 Å². The van der Waals surface area contributed by atoms with Crippen molar-refractivity contribution in [2.45, 2.75) is 12.8 Å². The van der Waals surface area contributed by atoms with E-state index < -0.39 is 0 Å². The van der Waals surface area contributed by atoms with E-state index in [9.17, 15) is 0 Å². The molecule has 2 rings (SSSR count). The summed E-state index contributed by atoms with van der Waals surface area (Å²) in [5.74, 6) is 1.21. The van der Waals surface area contributed by atoms with Gasteiger partial charge in [0.1, 0.15) is 0 Å². The number of aromatic nitrogens is 2. The van der Waals surface area contributed by atoms with Crippen LogP contribution in [-0.4, -0.2) is 16.7 Å². The maximum atomic E-state index is 6.03. The van der Waals surface area contributed by atoms with E-state index in [4.69, 9.17) is 21.9 Å². The van der Waals surface area contributed by atoms with Crippen LogP contribution >= 0.6 is 11.6 Å². The second kappa shape index (κ2) is 5.09. The molecular formula is C11H12ClN3O. The maximum Gasteiger partial charge on any atom is 0.231 e. The molecule has 16 heavy (non-hydrogen) atoms. The topological polar surface area (TPSA) is 64.9 Å². The Balaban J connectivity index is 2.11. The van der Waals surface area contributed by atoms with Crippen molar-refractivity contribution in [3.05, 3.63) is 46.6 Å². The van der Waals surface area contributed by atoms with Crippen molar-refractivity contribution in [1.29, 1.82) is 0 Å². The molecule has 0 radical (unpaired) electrons. The number of nitrogens with zero attached hydrogens (tertiary/aromatic N) is 2. The van der Waals surface area contributed by atoms with Crippen LogP contribution in [0.25, 0.3) is 0 Å². The highest BCUT2D eigenvalue weighted by molar-refractivity contribution is 6.31. The average Bonchev–Trinajstić information content (AvgIpc) is 2.70. The molecule has 4 nitrogen and oxygen atoms in total. The van der Waals surface area contributed by atoms with Gasteiger partial charge in [-0.25, -0.2) is 0 Å². The molecule has 0 aliphatic rings. The van der Waals surface area contributed by atoms with E-state index in [1.165, 1.54) is 0 Å². The second-order valence-electron chi connectivity index (χ2n) is 3.41. The van der Waals surface area contributed by atoms with E-state index in [2.05, 4.69) is 10.1 Å². The van der Waals surface area contributed by atoms with Crippen molar-refractivity contribution >= 4 is 11.6 Å². The Kier molecular flexibility index (Phi) is 3.54. The zero-order chi connectivity index (χ0) is 11.4. The molecule has 0 fully saturated rings. The maximum absolute atomic E-state index is 6.03. The monoisotopic (exact) mass is 237 g/mol. The summed E-state index contributed by atoms with van der Waals surface area (Å²) in [6.07, 6.45) is 1.18. The van der Waals surface area contributed by atoms with E-state index in [0.29, 0.717) is 36.1 Å². The van der Waals surface area contributed by atoms with Crippen LogP contribution < -0.4 is 5.73 Å². The molecular weight excluding hydrogens is 226 g/mol. The molecule has 2 aromatic rings. The van der Waals surface area contributed by atoms with E-state index in [0.717, 1.165) is 5.56 Å². The number of halogens is 1. The van der Waals surface area contributed by atoms with Gasteiger partial charge >= 0.3 is 0 Å². The molecule has 0 unspecified atom stereocenters. The van der Waals surface area contributed by atoms with Crippen LogP contribution in [0.2, 0.25) is 5.02 Å². The van der Waals surface area contributed by atoms with E-state index in [-0.39, 0.29) is 0 Å². The minimum atomic E-state index is 0.519. The quantitative estimate of drug-likeness (QED) is 0.881. The Hall–Kier alpha value is -1.39. The van der Waals surface area contributed by atoms with Gasteiger partial charge in [-0.15, -0.1) is 0 Å². The first kappa shape index (κ1) is 11.1. The standard InChI is InChI=1S/C11H12ClN3O/c12-9-4-2-1-3-8(9)7-11-14-10(5-6-13)15-16-11/h1-4H,5-7,13H2. The number of hydrogen-bond donors (Lipinski definition) is 1. The number of rotatable bonds is 4. The number of nitrogens with two attached hydrogens (primary N) is 1. The normalized spacial score (nSPS) is 10.6. The fourth-order valence-corrected chi connectivity index (χ4v) is 1.60. The third kappa shape index (κ3) is 2.59. The summed E-state index contributed by atoms with van der Waals surface area (Å²) in [7, 11) is 0. The molecule has 0 amide bonds. The lowest BCUT2D eigenvalue weighted by Gasteiger charge is -1.98. The smallest absolute Gasteiger partial charge is 0.231 e. The van der Waals surface area contributed by atoms with Crippen LogP contribution in [0, 0.1) is 0 Å². The lowest BCUT2D eigenvalue weighted by atomic mass is 10.1. The van der Waals surface area contributed by atoms with Crippen molar-refractivity contribution < 1.29 is 4.52 Å². The van der Waals surface area contributed by atoms with Crippen LogP contribution in [0.5, 0.6) is 0 Å². The lowest BCUT2D eigenvalue weighted by molar-refractivity contribution is 0.379. The first-order valence-electron chi connectivity index (χ1n) is 5.04. The Morgan fingerprint density at radius 1 is 1.31 bits per heavy atom. The summed E-state index contributed by atoms with van der Waals surface area (Å²) in [5.41, 5.74) is 6.38. The largest absolute Gasteiger partial charge is 0.339 e. The minimum Gasteiger partial charge on any atom is -0.339 e. The molecule has 1 aromatic carbocycles. The van der Waals surface area contributed by atoms with Crippen LogP contribution in [-0.2, 0) is 12.8 Å². The molecule has 0 aliphatic heterocycles. The Bertz CT molecular complexity index is 470. The van der Waals surface area contributed by atoms with Gasteiger partial charge in [0, 0.05) is 11.4 Å². The Morgan fingerprint density at radius 3 is 2.88 bits per heavy atom. The summed E-state index contributed by atoms with van der Waals surface area (Å²) in [6, 6.07) is 7.60. The van der Waals surface area contributed by atoms with Crippen molar-refractivity contribution in [3.63, 3.8) is 0 Å². The van der Waals surface area contributed by atoms with Gasteiger partial charge in [-0.05, 0) is 18.2 Å². The SMILES string of the molecule is NCCc1noc(Cc2ccccc2Cl)n1. The molecule has 1 heterocycles. The van der Waals surface area contributed by atoms with Gasteiger partial charge in [0.25, 0.3) is 0 Å². The molecule has 84 valence electrons. The highest BCUT2D eigenvalue weighted by atomic mass is 35.5. The zero-order valence-electron chi connectivity index (χ0n) is 8.69. The summed E-state index contributed by atoms with van der Waals surface area (Å²) in [5, 5.41) is 4.53. The van der Waals surface area contributed by atoms with Gasteiger partial charge in [0.05, 0.1) is 6.42 Å². The van der Waals surface area contributed by atoms with E-state index >= 15 is 0 Å². The number of benzene rings is 1. The van der Waals surface area contributed by atoms with Crippen LogP contribution in [0.3, 0.4) is 0 Å². The van der Waals surface area contributed by atoms with Gasteiger partial charge in [0.15, 0.2) is 5.82 Å². The van der Waals surface area contributed by atoms with Gasteiger partial charge in [0.2, 0.25) is 5.89 Å². The second-order valence-corrected chi connectivity index (χ2v) is 3.82. The Labute approximate surface area is 98.4 Å². The molecule has 1 aromatic heterocycles. The molecule has 0 bridgehead atoms. The van der Waals surface area contributed by atoms with Gasteiger partial charge in [-0.1, -0.05) is 35.0 Å². The third-order valence-electron chi connectivity index (χ3n) is 2.18. The Morgan fingerprint density at radius 2 is 2.12 bits per heavy atom. The molecule has 0 aliphatic carbocycles. The van der Waals surface area contributed by atoms with Crippen molar-refractivity contribution in [1.82, 2.24) is 10.1 Å². The summed E-state index contributed by atoms with van der Waals surface area (Å²) < 4.78 is 5.10. The van der Waals surface area contributed by atoms with E-state index in [1.54, 1.807) is 0 Å². The summed E-state index contributed by atoms with van der Waals surface area (Å²) in [4.78, 5) is 4.22. The summed E-state index contributed by atoms with van der Waals surface area (Å²) in [6.45, 7) is 0.519. The van der Waals surface area contributed by atoms with Crippen LogP contribution in [0.4, 0.5) is 0 Å². The highest BCUT2D eigenvalue weighted by Gasteiger charge is 2.08. The van der Waals surface area contributed by atoms with Crippen molar-refractivity contribution in [2.24, 2.45) is 5.73 Å². The molecule has 0 spiro atoms. The minimum absolute atomic E-state index is 0.519. The molecule has 0 saturated heterocycles. The highest BCUT2D eigenvalue weighted by Crippen LogP contribution is 2.17. The molecule has 5 heteroatoms. The van der Waals surface area contributed by atoms with Crippen LogP contribution in [0.1, 0.15) is 17.3 Å². The van der Waals surface area contributed by atoms with Gasteiger partial charge in [-0.2, -0.15) is 4.98 Å².